The maximum atomic E-state index is 11.9. The third-order valence-electron chi connectivity index (χ3n) is 11.1. The zero-order valence-corrected chi connectivity index (χ0v) is 47.5. The molecule has 0 unspecified atom stereocenters. The highest BCUT2D eigenvalue weighted by molar-refractivity contribution is 9.10. The summed E-state index contributed by atoms with van der Waals surface area (Å²) in [5.74, 6) is 0.486. The molecule has 0 spiro atoms. The molecule has 9 heterocycles. The topological polar surface area (TPSA) is 207 Å². The van der Waals surface area contributed by atoms with Gasteiger partial charge in [-0.05, 0) is 108 Å². The first-order chi connectivity index (χ1) is 35.7. The predicted octanol–water partition coefficient (Wildman–Crippen LogP) is 10.1. The van der Waals surface area contributed by atoms with Gasteiger partial charge >= 0.3 is 20.9 Å². The van der Waals surface area contributed by atoms with E-state index in [1.165, 1.54) is 16.8 Å². The third kappa shape index (κ3) is 17.3. The number of halogens is 1. The van der Waals surface area contributed by atoms with E-state index >= 15 is 0 Å². The molecule has 22 heteroatoms. The number of carbonyl (C=O) groups is 1. The summed E-state index contributed by atoms with van der Waals surface area (Å²) < 4.78 is 28.5. The molecule has 9 rings (SSSR count). The number of rotatable bonds is 15. The second kappa shape index (κ2) is 26.9. The number of hydrogen-bond acceptors (Lipinski definition) is 14. The molecule has 0 bridgehead atoms. The van der Waals surface area contributed by atoms with Gasteiger partial charge in [0, 0.05) is 141 Å². The van der Waals surface area contributed by atoms with Crippen molar-refractivity contribution < 1.29 is 38.7 Å². The van der Waals surface area contributed by atoms with Gasteiger partial charge in [-0.3, -0.25) is 19.5 Å². The van der Waals surface area contributed by atoms with Crippen LogP contribution in [-0.2, 0) is 27.7 Å². The number of nitrogens with zero attached hydrogens (tertiary/aromatic N) is 9. The van der Waals surface area contributed by atoms with Gasteiger partial charge in [0.15, 0.2) is 11.5 Å². The zero-order chi connectivity index (χ0) is 54.2. The van der Waals surface area contributed by atoms with Crippen molar-refractivity contribution >= 4 is 91.5 Å². The lowest BCUT2D eigenvalue weighted by atomic mass is 9.82. The summed E-state index contributed by atoms with van der Waals surface area (Å²) in [6, 6.07) is 25.1. The molecule has 0 saturated heterocycles. The first kappa shape index (κ1) is 57.9. The standard InChI is InChI=1S/C18H23BN3O3Si.C18H23N3OSi.C12H13BrN2O2.C5H6BNO2/c1-26(2,3)10-9-24-13-22-17(25-19-23)11-16-15(6-8-21-18(16)22)14-5-4-7-20-12-14;1-23(2,3)12-11-22-14-21-10-7-17-16(6-9-20-18(17)21)15-5-4-8-19-13-15;1-12(2,3)17-11(16)15-7-5-8-9(13)4-6-14-10(8)15;8-6(9)5-2-1-3-7-4-5/h4-8,11-12,23H,9-10,13H2,1-3H3;4-10,13H,11-12,14H2,1-3H3;4-7H,1-3H3;1-4,8-9H. The van der Waals surface area contributed by atoms with Gasteiger partial charge in [0.1, 0.15) is 30.4 Å². The molecule has 9 aromatic rings. The fraction of sp³-hybridized carbons (Fsp3) is 0.302. The Morgan fingerprint density at radius 3 is 1.75 bits per heavy atom. The van der Waals surface area contributed by atoms with Crippen molar-refractivity contribution in [1.82, 2.24) is 43.6 Å². The fourth-order valence-corrected chi connectivity index (χ4v) is 9.15. The van der Waals surface area contributed by atoms with E-state index in [9.17, 15) is 4.79 Å². The van der Waals surface area contributed by atoms with Crippen molar-refractivity contribution in [1.29, 1.82) is 0 Å². The van der Waals surface area contributed by atoms with Crippen molar-refractivity contribution in [2.45, 2.75) is 91.2 Å². The largest absolute Gasteiger partial charge is 0.570 e. The van der Waals surface area contributed by atoms with Crippen LogP contribution >= 0.6 is 15.9 Å². The van der Waals surface area contributed by atoms with Crippen molar-refractivity contribution in [3.63, 3.8) is 0 Å². The molecule has 0 atom stereocenters. The van der Waals surface area contributed by atoms with Crippen molar-refractivity contribution in [2.24, 2.45) is 0 Å². The van der Waals surface area contributed by atoms with Gasteiger partial charge in [-0.25, -0.2) is 24.3 Å². The van der Waals surface area contributed by atoms with Crippen LogP contribution in [0, 0.1) is 0 Å². The molecule has 0 aliphatic rings. The van der Waals surface area contributed by atoms with Gasteiger partial charge in [-0.1, -0.05) is 57.5 Å². The van der Waals surface area contributed by atoms with Crippen molar-refractivity contribution in [3.8, 4) is 28.1 Å². The van der Waals surface area contributed by atoms with Gasteiger partial charge in [0.05, 0.1) is 0 Å². The Morgan fingerprint density at radius 1 is 0.667 bits per heavy atom. The molecule has 0 saturated carbocycles. The smallest absolute Gasteiger partial charge is 0.524 e. The molecule has 391 valence electrons. The number of pyridine rings is 6. The second-order valence-electron chi connectivity index (χ2n) is 20.6. The molecule has 0 aliphatic heterocycles. The first-order valence-electron chi connectivity index (χ1n) is 24.3. The summed E-state index contributed by atoms with van der Waals surface area (Å²) >= 11 is 3.42. The van der Waals surface area contributed by atoms with Crippen LogP contribution in [0.4, 0.5) is 4.79 Å². The number of hydrogen-bond donors (Lipinski definition) is 3. The molecule has 1 radical (unpaired) electrons. The van der Waals surface area contributed by atoms with E-state index in [1.807, 2.05) is 98.7 Å². The maximum absolute atomic E-state index is 11.9. The van der Waals surface area contributed by atoms with E-state index in [0.717, 1.165) is 66.8 Å². The minimum absolute atomic E-state index is 0.320. The predicted molar refractivity (Wildman–Crippen MR) is 306 cm³/mol. The van der Waals surface area contributed by atoms with Gasteiger partial charge in [-0.15, -0.1) is 0 Å². The van der Waals surface area contributed by atoms with E-state index in [-0.39, 0.29) is 0 Å². The highest BCUT2D eigenvalue weighted by atomic mass is 79.9. The monoisotopic (exact) mass is 1110 g/mol. The summed E-state index contributed by atoms with van der Waals surface area (Å²) in [6.45, 7) is 21.9. The van der Waals surface area contributed by atoms with E-state index < -0.39 is 35.0 Å². The Bertz CT molecular complexity index is 3210. The molecular weight excluding hydrogens is 1050 g/mol. The number of ether oxygens (including phenoxy) is 3. The summed E-state index contributed by atoms with van der Waals surface area (Å²) in [5.41, 5.74) is 6.46. The molecule has 9 aromatic heterocycles. The van der Waals surface area contributed by atoms with E-state index in [0.29, 0.717) is 44.7 Å². The molecule has 0 fully saturated rings. The van der Waals surface area contributed by atoms with Crippen molar-refractivity contribution in [2.75, 3.05) is 13.2 Å². The van der Waals surface area contributed by atoms with Gasteiger partial charge in [-0.2, -0.15) is 0 Å². The SMILES string of the molecule is CC(C)(C)OC(=O)n1ccc2c(Br)ccnc21.C[Si](C)(C)CCOCn1c(O[B]O)cc2c(-c3cccnc3)ccnc21.C[Si](C)(C)CCOCn1ccc2c(-c3cccnc3)ccnc21.OB(O)c1cccnc1. The summed E-state index contributed by atoms with van der Waals surface area (Å²) in [6.07, 6.45) is 18.8. The molecule has 0 aromatic carbocycles. The lowest BCUT2D eigenvalue weighted by Gasteiger charge is -2.19. The van der Waals surface area contributed by atoms with E-state index in [1.54, 1.807) is 49.3 Å². The highest BCUT2D eigenvalue weighted by Crippen LogP contribution is 2.33. The Morgan fingerprint density at radius 2 is 1.21 bits per heavy atom. The average molecular weight is 1110 g/mol. The van der Waals surface area contributed by atoms with E-state index in [4.69, 9.17) is 33.9 Å². The Balaban J connectivity index is 0.000000171. The quantitative estimate of drug-likeness (QED) is 0.0645. The van der Waals surface area contributed by atoms with Crippen LogP contribution in [0.15, 0.2) is 145 Å². The summed E-state index contributed by atoms with van der Waals surface area (Å²) in [5, 5.41) is 29.1. The minimum Gasteiger partial charge on any atom is -0.524 e. The second-order valence-corrected chi connectivity index (χ2v) is 32.7. The molecule has 75 heavy (non-hydrogen) atoms. The van der Waals surface area contributed by atoms with E-state index in [2.05, 4.69) is 102 Å². The van der Waals surface area contributed by atoms with Gasteiger partial charge < -0.3 is 38.5 Å². The maximum Gasteiger partial charge on any atom is 0.570 e. The molecule has 17 nitrogen and oxygen atoms in total. The molecule has 0 aliphatic carbocycles. The number of aromatic nitrogens is 9. The molecule has 0 amide bonds. The van der Waals surface area contributed by atoms with Crippen LogP contribution in [0.5, 0.6) is 5.88 Å². The van der Waals surface area contributed by atoms with Crippen LogP contribution in [0.2, 0.25) is 51.4 Å². The Labute approximate surface area is 449 Å². The average Bonchev–Trinajstić information content (AvgIpc) is 4.11. The lowest BCUT2D eigenvalue weighted by molar-refractivity contribution is 0.0543. The summed E-state index contributed by atoms with van der Waals surface area (Å²) in [7, 11) is -2.92. The number of fused-ring (bicyclic) bond motifs is 3. The van der Waals surface area contributed by atoms with Crippen LogP contribution in [0.25, 0.3) is 55.4 Å². The van der Waals surface area contributed by atoms with Crippen molar-refractivity contribution in [3.05, 3.63) is 145 Å². The molecule has 3 N–H and O–H groups in total. The van der Waals surface area contributed by atoms with Gasteiger partial charge in [0.2, 0.25) is 0 Å². The Hall–Kier alpha value is -6.37. The highest BCUT2D eigenvalue weighted by Gasteiger charge is 2.21. The summed E-state index contributed by atoms with van der Waals surface area (Å²) in [4.78, 5) is 37.2. The molecular formula is C53H65B2BrN9O8Si2. The minimum atomic E-state index is -1.40. The lowest BCUT2D eigenvalue weighted by Crippen LogP contribution is -2.29. The normalized spacial score (nSPS) is 11.5. The van der Waals surface area contributed by atoms with Crippen LogP contribution in [0.3, 0.4) is 0 Å². The van der Waals surface area contributed by atoms with Crippen LogP contribution < -0.4 is 10.1 Å². The first-order valence-corrected chi connectivity index (χ1v) is 32.6. The third-order valence-corrected chi connectivity index (χ3v) is 15.2. The number of carbonyl (C=O) groups excluding carboxylic acids is 1. The zero-order valence-electron chi connectivity index (χ0n) is 44.0. The fourth-order valence-electron chi connectivity index (χ4n) is 7.21. The van der Waals surface area contributed by atoms with Gasteiger partial charge in [0.25, 0.3) is 0 Å². The Kier molecular flexibility index (Phi) is 20.8. The van der Waals surface area contributed by atoms with Crippen LogP contribution in [-0.4, -0.2) is 115 Å². The van der Waals surface area contributed by atoms with Crippen LogP contribution in [0.1, 0.15) is 20.8 Å².